The van der Waals surface area contributed by atoms with Gasteiger partial charge in [-0.3, -0.25) is 0 Å². The minimum Gasteiger partial charge on any atom is -0.339 e. The van der Waals surface area contributed by atoms with Gasteiger partial charge in [0, 0.05) is 17.7 Å². The maximum absolute atomic E-state index is 2.48. The fourth-order valence-electron chi connectivity index (χ4n) is 1.77. The molecule has 0 atom stereocenters. The van der Waals surface area contributed by atoms with E-state index < -0.39 is 0 Å². The number of allylic oxidation sites excluding steroid dienone is 1. The highest BCUT2D eigenvalue weighted by Gasteiger charge is 2.33. The molecular weight excluding hydrogens is 178 g/mol. The SMILES string of the molecule is CCC(C)(C)C1=CSC2=CCCN21. The van der Waals surface area contributed by atoms with Crippen LogP contribution in [0.4, 0.5) is 0 Å². The summed E-state index contributed by atoms with van der Waals surface area (Å²) >= 11 is 1.89. The Morgan fingerprint density at radius 1 is 1.54 bits per heavy atom. The lowest BCUT2D eigenvalue weighted by Crippen LogP contribution is -2.25. The smallest absolute Gasteiger partial charge is 0.0753 e. The highest BCUT2D eigenvalue weighted by atomic mass is 32.2. The van der Waals surface area contributed by atoms with Crippen molar-refractivity contribution in [3.63, 3.8) is 0 Å². The quantitative estimate of drug-likeness (QED) is 0.663. The molecule has 0 spiro atoms. The summed E-state index contributed by atoms with van der Waals surface area (Å²) in [6.45, 7) is 8.13. The maximum Gasteiger partial charge on any atom is 0.0753 e. The number of thioether (sulfide) groups is 1. The molecule has 0 aromatic rings. The number of hydrogen-bond donors (Lipinski definition) is 0. The number of nitrogens with zero attached hydrogens (tertiary/aromatic N) is 1. The van der Waals surface area contributed by atoms with Crippen molar-refractivity contribution in [1.82, 2.24) is 4.90 Å². The Hall–Kier alpha value is -0.370. The van der Waals surface area contributed by atoms with Gasteiger partial charge < -0.3 is 4.90 Å². The van der Waals surface area contributed by atoms with Gasteiger partial charge in [0.15, 0.2) is 0 Å². The van der Waals surface area contributed by atoms with Gasteiger partial charge in [-0.15, -0.1) is 0 Å². The Bertz CT molecular complexity index is 276. The van der Waals surface area contributed by atoms with E-state index in [1.54, 1.807) is 0 Å². The Morgan fingerprint density at radius 3 is 3.00 bits per heavy atom. The lowest BCUT2D eigenvalue weighted by atomic mass is 9.86. The van der Waals surface area contributed by atoms with Crippen molar-refractivity contribution in [2.45, 2.75) is 33.6 Å². The van der Waals surface area contributed by atoms with Gasteiger partial charge in [-0.2, -0.15) is 0 Å². The summed E-state index contributed by atoms with van der Waals surface area (Å²) in [5.74, 6) is 0. The van der Waals surface area contributed by atoms with Gasteiger partial charge >= 0.3 is 0 Å². The first kappa shape index (κ1) is 9.20. The molecule has 0 amide bonds. The molecule has 0 aromatic heterocycles. The van der Waals surface area contributed by atoms with Crippen molar-refractivity contribution >= 4 is 11.8 Å². The van der Waals surface area contributed by atoms with Gasteiger partial charge in [-0.25, -0.2) is 0 Å². The lowest BCUT2D eigenvalue weighted by Gasteiger charge is -2.31. The van der Waals surface area contributed by atoms with Gasteiger partial charge in [0.25, 0.3) is 0 Å². The van der Waals surface area contributed by atoms with Crippen LogP contribution >= 0.6 is 11.8 Å². The van der Waals surface area contributed by atoms with Crippen molar-refractivity contribution in [2.75, 3.05) is 6.54 Å². The number of hydrogen-bond acceptors (Lipinski definition) is 2. The summed E-state index contributed by atoms with van der Waals surface area (Å²) in [7, 11) is 0. The van der Waals surface area contributed by atoms with Crippen molar-refractivity contribution in [2.24, 2.45) is 5.41 Å². The van der Waals surface area contributed by atoms with Gasteiger partial charge in [0.05, 0.1) is 5.03 Å². The highest BCUT2D eigenvalue weighted by molar-refractivity contribution is 8.06. The monoisotopic (exact) mass is 195 g/mol. The third-order valence-electron chi connectivity index (χ3n) is 3.10. The summed E-state index contributed by atoms with van der Waals surface area (Å²) in [6.07, 6.45) is 4.78. The van der Waals surface area contributed by atoms with Gasteiger partial charge in [-0.05, 0) is 18.2 Å². The molecule has 1 nitrogen and oxygen atoms in total. The first-order chi connectivity index (χ1) is 6.15. The second kappa shape index (κ2) is 3.09. The van der Waals surface area contributed by atoms with Crippen molar-refractivity contribution in [3.05, 3.63) is 22.2 Å². The molecule has 0 unspecified atom stereocenters. The summed E-state index contributed by atoms with van der Waals surface area (Å²) < 4.78 is 0. The summed E-state index contributed by atoms with van der Waals surface area (Å²) in [6, 6.07) is 0. The van der Waals surface area contributed by atoms with Crippen LogP contribution in [0.3, 0.4) is 0 Å². The van der Waals surface area contributed by atoms with E-state index in [1.807, 2.05) is 11.8 Å². The van der Waals surface area contributed by atoms with Crippen molar-refractivity contribution < 1.29 is 0 Å². The van der Waals surface area contributed by atoms with E-state index in [-0.39, 0.29) is 0 Å². The molecule has 0 radical (unpaired) electrons. The fraction of sp³-hybridized carbons (Fsp3) is 0.636. The molecule has 0 saturated carbocycles. The Balaban J connectivity index is 2.22. The first-order valence-electron chi connectivity index (χ1n) is 5.00. The zero-order valence-corrected chi connectivity index (χ0v) is 9.45. The molecule has 2 aliphatic rings. The topological polar surface area (TPSA) is 3.24 Å². The molecule has 0 N–H and O–H groups in total. The Labute approximate surface area is 84.9 Å². The van der Waals surface area contributed by atoms with E-state index in [4.69, 9.17) is 0 Å². The standard InChI is InChI=1S/C11H17NS/c1-4-11(2,3)9-8-13-10-6-5-7-12(9)10/h6,8H,4-5,7H2,1-3H3. The van der Waals surface area contributed by atoms with Gasteiger partial charge in [0.1, 0.15) is 0 Å². The van der Waals surface area contributed by atoms with Crippen LogP contribution in [0.5, 0.6) is 0 Å². The third-order valence-corrected chi connectivity index (χ3v) is 4.07. The molecule has 2 aliphatic heterocycles. The molecule has 0 fully saturated rings. The minimum atomic E-state index is 0.340. The zero-order chi connectivity index (χ0) is 9.47. The van der Waals surface area contributed by atoms with Crippen LogP contribution < -0.4 is 0 Å². The normalized spacial score (nSPS) is 21.6. The highest BCUT2D eigenvalue weighted by Crippen LogP contribution is 2.46. The van der Waals surface area contributed by atoms with Crippen LogP contribution in [-0.4, -0.2) is 11.4 Å². The van der Waals surface area contributed by atoms with Crippen LogP contribution in [0.1, 0.15) is 33.6 Å². The third kappa shape index (κ3) is 1.41. The second-order valence-corrected chi connectivity index (χ2v) is 5.23. The Morgan fingerprint density at radius 2 is 2.31 bits per heavy atom. The largest absolute Gasteiger partial charge is 0.339 e. The average molecular weight is 195 g/mol. The number of fused-ring (bicyclic) bond motifs is 1. The molecule has 0 bridgehead atoms. The second-order valence-electron chi connectivity index (χ2n) is 4.34. The van der Waals surface area contributed by atoms with Gasteiger partial charge in [-0.1, -0.05) is 38.6 Å². The zero-order valence-electron chi connectivity index (χ0n) is 8.63. The molecule has 2 heteroatoms. The summed E-state index contributed by atoms with van der Waals surface area (Å²) in [5, 5.41) is 3.78. The molecule has 13 heavy (non-hydrogen) atoms. The molecule has 72 valence electrons. The van der Waals surface area contributed by atoms with Crippen LogP contribution in [0.25, 0.3) is 0 Å². The molecule has 0 aromatic carbocycles. The minimum absolute atomic E-state index is 0.340. The summed E-state index contributed by atoms with van der Waals surface area (Å²) in [4.78, 5) is 2.48. The summed E-state index contributed by atoms with van der Waals surface area (Å²) in [5.41, 5.74) is 1.86. The average Bonchev–Trinajstić information content (AvgIpc) is 2.62. The number of rotatable bonds is 2. The fourth-order valence-corrected chi connectivity index (χ4v) is 2.98. The molecule has 0 aliphatic carbocycles. The van der Waals surface area contributed by atoms with Crippen LogP contribution in [0.2, 0.25) is 0 Å². The van der Waals surface area contributed by atoms with Crippen LogP contribution in [0, 0.1) is 5.41 Å². The van der Waals surface area contributed by atoms with Crippen molar-refractivity contribution in [3.8, 4) is 0 Å². The van der Waals surface area contributed by atoms with E-state index in [0.29, 0.717) is 5.41 Å². The van der Waals surface area contributed by atoms with E-state index in [0.717, 1.165) is 0 Å². The first-order valence-corrected chi connectivity index (χ1v) is 5.88. The predicted molar refractivity (Wildman–Crippen MR) is 59.2 cm³/mol. The van der Waals surface area contributed by atoms with E-state index in [2.05, 4.69) is 37.2 Å². The molecular formula is C11H17NS. The van der Waals surface area contributed by atoms with Gasteiger partial charge in [0.2, 0.25) is 0 Å². The van der Waals surface area contributed by atoms with E-state index >= 15 is 0 Å². The molecule has 2 heterocycles. The molecule has 2 rings (SSSR count). The Kier molecular flexibility index (Phi) is 2.18. The predicted octanol–water partition coefficient (Wildman–Crippen LogP) is 3.56. The van der Waals surface area contributed by atoms with E-state index in [9.17, 15) is 0 Å². The van der Waals surface area contributed by atoms with E-state index in [1.165, 1.54) is 30.1 Å². The van der Waals surface area contributed by atoms with Crippen LogP contribution in [-0.2, 0) is 0 Å². The van der Waals surface area contributed by atoms with Crippen molar-refractivity contribution in [1.29, 1.82) is 0 Å². The maximum atomic E-state index is 2.48. The lowest BCUT2D eigenvalue weighted by molar-refractivity contribution is 0.319. The molecule has 0 saturated heterocycles. The van der Waals surface area contributed by atoms with Crippen LogP contribution in [0.15, 0.2) is 22.2 Å².